The van der Waals surface area contributed by atoms with Gasteiger partial charge in [-0.15, -0.1) is 0 Å². The molecule has 0 aliphatic heterocycles. The second-order valence-corrected chi connectivity index (χ2v) is 4.10. The van der Waals surface area contributed by atoms with E-state index in [0.717, 1.165) is 12.8 Å². The standard InChI is InChI=1S/C10H14O2.CH4/c1-10(9(11)12-2)6-7-3-4-8(10)5-7;/h3-4,7-8H,5-6H2,1-2H3;1H4. The van der Waals surface area contributed by atoms with Crippen LogP contribution in [0.5, 0.6) is 0 Å². The van der Waals surface area contributed by atoms with Crippen LogP contribution in [0, 0.1) is 17.3 Å². The lowest BCUT2D eigenvalue weighted by atomic mass is 9.78. The first-order valence-corrected chi connectivity index (χ1v) is 4.43. The van der Waals surface area contributed by atoms with Crippen molar-refractivity contribution in [3.05, 3.63) is 12.2 Å². The predicted molar refractivity (Wildman–Crippen MR) is 52.2 cm³/mol. The molecule has 0 aromatic heterocycles. The predicted octanol–water partition coefficient (Wildman–Crippen LogP) is 2.40. The summed E-state index contributed by atoms with van der Waals surface area (Å²) in [6, 6.07) is 0. The van der Waals surface area contributed by atoms with E-state index in [2.05, 4.69) is 12.2 Å². The number of methoxy groups -OCH3 is 1. The fourth-order valence-corrected chi connectivity index (χ4v) is 2.56. The highest BCUT2D eigenvalue weighted by molar-refractivity contribution is 5.78. The van der Waals surface area contributed by atoms with Crippen LogP contribution in [0.4, 0.5) is 0 Å². The van der Waals surface area contributed by atoms with Crippen molar-refractivity contribution in [1.82, 2.24) is 0 Å². The summed E-state index contributed by atoms with van der Waals surface area (Å²) >= 11 is 0. The van der Waals surface area contributed by atoms with E-state index in [-0.39, 0.29) is 18.8 Å². The summed E-state index contributed by atoms with van der Waals surface area (Å²) in [4.78, 5) is 11.5. The molecular weight excluding hydrogens is 164 g/mol. The maximum Gasteiger partial charge on any atom is 0.312 e. The Morgan fingerprint density at radius 3 is 2.62 bits per heavy atom. The van der Waals surface area contributed by atoms with Gasteiger partial charge in [-0.1, -0.05) is 19.6 Å². The van der Waals surface area contributed by atoms with E-state index in [1.54, 1.807) is 0 Å². The van der Waals surface area contributed by atoms with Crippen LogP contribution in [0.1, 0.15) is 27.2 Å². The van der Waals surface area contributed by atoms with Crippen molar-refractivity contribution in [2.75, 3.05) is 7.11 Å². The number of allylic oxidation sites excluding steroid dienone is 2. The van der Waals surface area contributed by atoms with Crippen LogP contribution >= 0.6 is 0 Å². The van der Waals surface area contributed by atoms with Gasteiger partial charge in [0.2, 0.25) is 0 Å². The molecule has 0 heterocycles. The van der Waals surface area contributed by atoms with Gasteiger partial charge in [-0.25, -0.2) is 0 Å². The quantitative estimate of drug-likeness (QED) is 0.460. The summed E-state index contributed by atoms with van der Waals surface area (Å²) in [6.07, 6.45) is 6.52. The Bertz CT molecular complexity index is 244. The van der Waals surface area contributed by atoms with Crippen LogP contribution in [0.15, 0.2) is 12.2 Å². The number of carbonyl (C=O) groups excluding carboxylic acids is 1. The highest BCUT2D eigenvalue weighted by atomic mass is 16.5. The number of ether oxygens (including phenoxy) is 1. The zero-order valence-corrected chi connectivity index (χ0v) is 7.54. The zero-order chi connectivity index (χ0) is 8.77. The first kappa shape index (κ1) is 10.3. The van der Waals surface area contributed by atoms with Crippen LogP contribution < -0.4 is 0 Å². The summed E-state index contributed by atoms with van der Waals surface area (Å²) in [5.74, 6) is 1.01. The van der Waals surface area contributed by atoms with Crippen molar-refractivity contribution >= 4 is 5.97 Å². The minimum absolute atomic E-state index is 0. The van der Waals surface area contributed by atoms with Crippen molar-refractivity contribution in [2.24, 2.45) is 17.3 Å². The molecule has 0 spiro atoms. The third kappa shape index (κ3) is 1.28. The van der Waals surface area contributed by atoms with Gasteiger partial charge in [0.1, 0.15) is 0 Å². The maximum absolute atomic E-state index is 11.5. The molecule has 0 radical (unpaired) electrons. The Hall–Kier alpha value is -0.790. The molecule has 3 atom stereocenters. The van der Waals surface area contributed by atoms with E-state index in [0.29, 0.717) is 11.8 Å². The Kier molecular flexibility index (Phi) is 2.51. The van der Waals surface area contributed by atoms with Gasteiger partial charge in [-0.05, 0) is 31.6 Å². The molecule has 0 N–H and O–H groups in total. The van der Waals surface area contributed by atoms with Gasteiger partial charge in [0.25, 0.3) is 0 Å². The number of fused-ring (bicyclic) bond motifs is 2. The SMILES string of the molecule is C.COC(=O)C1(C)CC2C=CC1C2. The Balaban J connectivity index is 0.000000845. The minimum atomic E-state index is -0.228. The molecule has 0 amide bonds. The molecule has 2 rings (SSSR count). The molecule has 0 aromatic rings. The Morgan fingerprint density at radius 1 is 1.54 bits per heavy atom. The average molecular weight is 182 g/mol. The fraction of sp³-hybridized carbons (Fsp3) is 0.727. The summed E-state index contributed by atoms with van der Waals surface area (Å²) in [7, 11) is 1.48. The van der Waals surface area contributed by atoms with Gasteiger partial charge in [0.05, 0.1) is 12.5 Å². The smallest absolute Gasteiger partial charge is 0.312 e. The monoisotopic (exact) mass is 182 g/mol. The molecule has 2 aliphatic carbocycles. The summed E-state index contributed by atoms with van der Waals surface area (Å²) < 4.78 is 4.82. The van der Waals surface area contributed by atoms with E-state index in [4.69, 9.17) is 4.74 Å². The lowest BCUT2D eigenvalue weighted by Crippen LogP contribution is -2.32. The summed E-state index contributed by atoms with van der Waals surface area (Å²) in [6.45, 7) is 2.02. The van der Waals surface area contributed by atoms with Crippen LogP contribution in [0.25, 0.3) is 0 Å². The molecule has 3 unspecified atom stereocenters. The first-order chi connectivity index (χ1) is 5.66. The molecule has 0 aromatic carbocycles. The average Bonchev–Trinajstić information content (AvgIpc) is 2.62. The van der Waals surface area contributed by atoms with Gasteiger partial charge >= 0.3 is 5.97 Å². The number of carbonyl (C=O) groups is 1. The van der Waals surface area contributed by atoms with E-state index < -0.39 is 0 Å². The molecule has 2 nitrogen and oxygen atoms in total. The van der Waals surface area contributed by atoms with Gasteiger partial charge in [-0.3, -0.25) is 4.79 Å². The fourth-order valence-electron chi connectivity index (χ4n) is 2.56. The molecular formula is C11H18O2. The maximum atomic E-state index is 11.5. The van der Waals surface area contributed by atoms with Crippen molar-refractivity contribution in [3.63, 3.8) is 0 Å². The van der Waals surface area contributed by atoms with E-state index in [1.807, 2.05) is 6.92 Å². The normalized spacial score (nSPS) is 40.2. The summed E-state index contributed by atoms with van der Waals surface area (Å²) in [5, 5.41) is 0. The van der Waals surface area contributed by atoms with Crippen molar-refractivity contribution in [3.8, 4) is 0 Å². The topological polar surface area (TPSA) is 26.3 Å². The number of esters is 1. The van der Waals surface area contributed by atoms with E-state index in [9.17, 15) is 4.79 Å². The largest absolute Gasteiger partial charge is 0.469 e. The van der Waals surface area contributed by atoms with Gasteiger partial charge < -0.3 is 4.74 Å². The Morgan fingerprint density at radius 2 is 2.23 bits per heavy atom. The first-order valence-electron chi connectivity index (χ1n) is 4.43. The second-order valence-electron chi connectivity index (χ2n) is 4.10. The number of hydrogen-bond acceptors (Lipinski definition) is 2. The van der Waals surface area contributed by atoms with Crippen molar-refractivity contribution in [2.45, 2.75) is 27.2 Å². The molecule has 74 valence electrons. The van der Waals surface area contributed by atoms with Crippen molar-refractivity contribution < 1.29 is 9.53 Å². The number of rotatable bonds is 1. The van der Waals surface area contributed by atoms with E-state index >= 15 is 0 Å². The molecule has 2 aliphatic rings. The van der Waals surface area contributed by atoms with Crippen molar-refractivity contribution in [1.29, 1.82) is 0 Å². The van der Waals surface area contributed by atoms with Gasteiger partial charge in [0.15, 0.2) is 0 Å². The minimum Gasteiger partial charge on any atom is -0.469 e. The zero-order valence-electron chi connectivity index (χ0n) is 7.54. The van der Waals surface area contributed by atoms with Crippen LogP contribution in [0.3, 0.4) is 0 Å². The third-order valence-corrected chi connectivity index (χ3v) is 3.33. The lowest BCUT2D eigenvalue weighted by molar-refractivity contribution is -0.153. The Labute approximate surface area is 80.0 Å². The van der Waals surface area contributed by atoms with E-state index in [1.165, 1.54) is 7.11 Å². The molecule has 1 fully saturated rings. The summed E-state index contributed by atoms with van der Waals surface area (Å²) in [5.41, 5.74) is -0.228. The molecule has 1 saturated carbocycles. The second kappa shape index (κ2) is 3.17. The highest BCUT2D eigenvalue weighted by Crippen LogP contribution is 2.52. The van der Waals surface area contributed by atoms with Crippen LogP contribution in [-0.4, -0.2) is 13.1 Å². The molecule has 2 heteroatoms. The molecule has 0 saturated heterocycles. The van der Waals surface area contributed by atoms with Gasteiger partial charge in [0, 0.05) is 0 Å². The third-order valence-electron chi connectivity index (χ3n) is 3.33. The lowest BCUT2D eigenvalue weighted by Gasteiger charge is -2.27. The highest BCUT2D eigenvalue weighted by Gasteiger charge is 2.50. The molecule has 13 heavy (non-hydrogen) atoms. The number of hydrogen-bond donors (Lipinski definition) is 0. The molecule has 2 bridgehead atoms. The van der Waals surface area contributed by atoms with Crippen LogP contribution in [0.2, 0.25) is 0 Å². The van der Waals surface area contributed by atoms with Crippen LogP contribution in [-0.2, 0) is 9.53 Å². The van der Waals surface area contributed by atoms with Gasteiger partial charge in [-0.2, -0.15) is 0 Å².